The summed E-state index contributed by atoms with van der Waals surface area (Å²) in [7, 11) is 0. The minimum absolute atomic E-state index is 0.0401. The number of alkyl halides is 6. The third kappa shape index (κ3) is 9.75. The van der Waals surface area contributed by atoms with Gasteiger partial charge in [0.15, 0.2) is 0 Å². The number of aliphatic carboxylic acids is 2. The van der Waals surface area contributed by atoms with Gasteiger partial charge in [0.05, 0.1) is 19.2 Å². The molecule has 16 heteroatoms. The van der Waals surface area contributed by atoms with E-state index >= 15 is 0 Å². The highest BCUT2D eigenvalue weighted by Crippen LogP contribution is 2.32. The van der Waals surface area contributed by atoms with Crippen LogP contribution in [0, 0.1) is 6.92 Å². The topological polar surface area (TPSA) is 139 Å². The van der Waals surface area contributed by atoms with E-state index in [0.717, 1.165) is 30.7 Å². The monoisotopic (exact) mass is 581 g/mol. The van der Waals surface area contributed by atoms with Gasteiger partial charge in [-0.2, -0.15) is 26.3 Å². The molecule has 2 aliphatic heterocycles. The van der Waals surface area contributed by atoms with Crippen molar-refractivity contribution in [3.63, 3.8) is 0 Å². The number of nitrogens with zero attached hydrogens (tertiary/aromatic N) is 3. The zero-order valence-corrected chi connectivity index (χ0v) is 20.9. The number of carboxylic acids is 2. The Morgan fingerprint density at radius 1 is 1.05 bits per heavy atom. The molecule has 0 aliphatic carbocycles. The first-order valence-corrected chi connectivity index (χ1v) is 11.6. The first kappa shape index (κ1) is 32.4. The molecule has 0 aromatic carbocycles. The van der Waals surface area contributed by atoms with Gasteiger partial charge in [-0.25, -0.2) is 14.6 Å². The number of likely N-dealkylation sites (tertiary alicyclic amines) is 1. The summed E-state index contributed by atoms with van der Waals surface area (Å²) >= 11 is 0. The van der Waals surface area contributed by atoms with Gasteiger partial charge >= 0.3 is 24.3 Å². The van der Waals surface area contributed by atoms with E-state index in [1.54, 1.807) is 18.5 Å². The zero-order valence-electron chi connectivity index (χ0n) is 20.9. The maximum Gasteiger partial charge on any atom is 0.490 e. The van der Waals surface area contributed by atoms with Gasteiger partial charge in [0.25, 0.3) is 5.91 Å². The van der Waals surface area contributed by atoms with E-state index < -0.39 is 24.3 Å². The molecule has 0 bridgehead atoms. The van der Waals surface area contributed by atoms with Gasteiger partial charge < -0.3 is 24.6 Å². The van der Waals surface area contributed by atoms with Crippen molar-refractivity contribution in [2.45, 2.75) is 57.0 Å². The average Bonchev–Trinajstić information content (AvgIpc) is 3.26. The molecule has 4 rings (SSSR count). The van der Waals surface area contributed by atoms with Gasteiger partial charge in [0.2, 0.25) is 0 Å². The zero-order chi connectivity index (χ0) is 30.1. The lowest BCUT2D eigenvalue weighted by atomic mass is 10.0. The van der Waals surface area contributed by atoms with Crippen LogP contribution in [0.5, 0.6) is 0 Å². The molecule has 0 radical (unpaired) electrons. The molecule has 1 amide bonds. The summed E-state index contributed by atoms with van der Waals surface area (Å²) in [5, 5.41) is 14.2. The first-order chi connectivity index (χ1) is 18.6. The Morgan fingerprint density at radius 3 is 2.20 bits per heavy atom. The number of ether oxygens (including phenoxy) is 2. The fourth-order valence-electron chi connectivity index (χ4n) is 3.79. The standard InChI is InChI=1S/C20H23N3O3.2C2HF3O2/c1-14-5-2-7-16(22-14)20(24)23-12-18(19-17(23)8-4-10-25-19)26-13-15-6-3-9-21-11-15;2*3-2(4,5)1(6)7/h2-3,5-7,9,11,17-19H,4,8,10,12-13H2,1H3;2*(H,6,7)/t17-,18+,19-;;/m0../s1. The molecular formula is C24H25F6N3O7. The van der Waals surface area contributed by atoms with Crippen molar-refractivity contribution in [1.82, 2.24) is 14.9 Å². The van der Waals surface area contributed by atoms with Crippen LogP contribution < -0.4 is 0 Å². The maximum absolute atomic E-state index is 13.0. The highest BCUT2D eigenvalue weighted by molar-refractivity contribution is 5.93. The number of aromatic nitrogens is 2. The molecule has 3 atom stereocenters. The van der Waals surface area contributed by atoms with Gasteiger partial charge in [0, 0.05) is 24.7 Å². The van der Waals surface area contributed by atoms with Crippen LogP contribution in [0.4, 0.5) is 26.3 Å². The summed E-state index contributed by atoms with van der Waals surface area (Å²) in [4.78, 5) is 41.2. The summed E-state index contributed by atoms with van der Waals surface area (Å²) in [6, 6.07) is 9.48. The van der Waals surface area contributed by atoms with Gasteiger partial charge in [-0.05, 0) is 43.5 Å². The van der Waals surface area contributed by atoms with Crippen molar-refractivity contribution >= 4 is 17.8 Å². The predicted molar refractivity (Wildman–Crippen MR) is 123 cm³/mol. The normalized spacial score (nSPS) is 20.3. The lowest BCUT2D eigenvalue weighted by Gasteiger charge is -2.32. The van der Waals surface area contributed by atoms with Crippen LogP contribution >= 0.6 is 0 Å². The van der Waals surface area contributed by atoms with E-state index in [1.807, 2.05) is 36.1 Å². The van der Waals surface area contributed by atoms with Crippen molar-refractivity contribution in [2.24, 2.45) is 0 Å². The summed E-state index contributed by atoms with van der Waals surface area (Å²) in [6.45, 7) is 3.62. The molecule has 2 N–H and O–H groups in total. The second-order valence-corrected chi connectivity index (χ2v) is 8.48. The van der Waals surface area contributed by atoms with Gasteiger partial charge in [-0.15, -0.1) is 0 Å². The number of pyridine rings is 2. The van der Waals surface area contributed by atoms with E-state index in [-0.39, 0.29) is 24.2 Å². The van der Waals surface area contributed by atoms with Crippen LogP contribution in [0.25, 0.3) is 0 Å². The largest absolute Gasteiger partial charge is 0.490 e. The third-order valence-electron chi connectivity index (χ3n) is 5.52. The van der Waals surface area contributed by atoms with Gasteiger partial charge in [-0.3, -0.25) is 9.78 Å². The molecule has 0 saturated carbocycles. The average molecular weight is 581 g/mol. The minimum Gasteiger partial charge on any atom is -0.475 e. The van der Waals surface area contributed by atoms with E-state index in [1.165, 1.54) is 0 Å². The summed E-state index contributed by atoms with van der Waals surface area (Å²) in [5.74, 6) is -5.55. The van der Waals surface area contributed by atoms with Gasteiger partial charge in [-0.1, -0.05) is 12.1 Å². The van der Waals surface area contributed by atoms with E-state index in [9.17, 15) is 31.1 Å². The number of carbonyl (C=O) groups is 3. The number of carboxylic acid groups (broad SMARTS) is 2. The number of carbonyl (C=O) groups excluding carboxylic acids is 1. The highest BCUT2D eigenvalue weighted by Gasteiger charge is 2.47. The van der Waals surface area contributed by atoms with Gasteiger partial charge in [0.1, 0.15) is 17.9 Å². The quantitative estimate of drug-likeness (QED) is 0.518. The summed E-state index contributed by atoms with van der Waals surface area (Å²) in [6.07, 6.45) is -4.93. The first-order valence-electron chi connectivity index (χ1n) is 11.6. The number of aryl methyl sites for hydroxylation is 1. The molecule has 2 saturated heterocycles. The Morgan fingerprint density at radius 2 is 1.68 bits per heavy atom. The Bertz CT molecular complexity index is 1120. The van der Waals surface area contributed by atoms with Crippen LogP contribution in [0.15, 0.2) is 42.7 Å². The number of rotatable bonds is 4. The molecule has 220 valence electrons. The van der Waals surface area contributed by atoms with Crippen molar-refractivity contribution in [1.29, 1.82) is 0 Å². The van der Waals surface area contributed by atoms with Crippen molar-refractivity contribution in [3.8, 4) is 0 Å². The molecule has 10 nitrogen and oxygen atoms in total. The minimum atomic E-state index is -5.08. The second-order valence-electron chi connectivity index (χ2n) is 8.48. The number of fused-ring (bicyclic) bond motifs is 1. The van der Waals surface area contributed by atoms with Crippen molar-refractivity contribution in [3.05, 3.63) is 59.7 Å². The molecule has 0 spiro atoms. The Labute approximate surface area is 223 Å². The number of halogens is 6. The number of hydrogen-bond donors (Lipinski definition) is 2. The molecule has 2 aliphatic rings. The molecular weight excluding hydrogens is 556 g/mol. The number of hydrogen-bond acceptors (Lipinski definition) is 7. The van der Waals surface area contributed by atoms with E-state index in [4.69, 9.17) is 29.3 Å². The summed E-state index contributed by atoms with van der Waals surface area (Å²) < 4.78 is 75.6. The van der Waals surface area contributed by atoms with E-state index in [0.29, 0.717) is 18.8 Å². The van der Waals surface area contributed by atoms with E-state index in [2.05, 4.69) is 9.97 Å². The maximum atomic E-state index is 13.0. The van der Waals surface area contributed by atoms with Crippen LogP contribution in [0.1, 0.15) is 34.6 Å². The molecule has 2 aromatic rings. The van der Waals surface area contributed by atoms with Crippen LogP contribution in [0.2, 0.25) is 0 Å². The predicted octanol–water partition coefficient (Wildman–Crippen LogP) is 3.64. The molecule has 2 aromatic heterocycles. The van der Waals surface area contributed by atoms with Crippen LogP contribution in [-0.2, 0) is 25.7 Å². The lowest BCUT2D eigenvalue weighted by molar-refractivity contribution is -0.193. The number of amides is 1. The Hall–Kier alpha value is -3.79. The highest BCUT2D eigenvalue weighted by atomic mass is 19.4. The lowest BCUT2D eigenvalue weighted by Crippen LogP contribution is -2.44. The van der Waals surface area contributed by atoms with Crippen LogP contribution in [-0.4, -0.2) is 86.7 Å². The van der Waals surface area contributed by atoms with Crippen molar-refractivity contribution < 1.29 is 60.4 Å². The molecule has 40 heavy (non-hydrogen) atoms. The summed E-state index contributed by atoms with van der Waals surface area (Å²) in [5.41, 5.74) is 2.35. The Kier molecular flexibility index (Phi) is 11.4. The molecule has 4 heterocycles. The van der Waals surface area contributed by atoms with Crippen molar-refractivity contribution in [2.75, 3.05) is 13.2 Å². The smallest absolute Gasteiger partial charge is 0.475 e. The third-order valence-corrected chi connectivity index (χ3v) is 5.52. The fraction of sp³-hybridized carbons (Fsp3) is 0.458. The molecule has 0 unspecified atom stereocenters. The fourth-order valence-corrected chi connectivity index (χ4v) is 3.79. The van der Waals surface area contributed by atoms with Crippen LogP contribution in [0.3, 0.4) is 0 Å². The SMILES string of the molecule is Cc1cccc(C(=O)N2C[C@@H](OCc3cccnc3)[C@H]3OCCC[C@@H]32)n1.O=C(O)C(F)(F)F.O=C(O)C(F)(F)F. The second kappa shape index (κ2) is 14.0. The Balaban J connectivity index is 0.000000333. The molecule has 2 fully saturated rings.